The lowest BCUT2D eigenvalue weighted by Gasteiger charge is -2.06. The first-order chi connectivity index (χ1) is 9.61. The molecule has 2 aromatic heterocycles. The number of hydrogen-bond donors (Lipinski definition) is 1. The van der Waals surface area contributed by atoms with Gasteiger partial charge in [-0.15, -0.1) is 0 Å². The van der Waals surface area contributed by atoms with Crippen LogP contribution in [-0.4, -0.2) is 47.1 Å². The molecular weight excluding hydrogens is 298 g/mol. The molecule has 0 bridgehead atoms. The fourth-order valence-electron chi connectivity index (χ4n) is 1.71. The van der Waals surface area contributed by atoms with Crippen LogP contribution in [0.1, 0.15) is 6.92 Å². The molecule has 0 aliphatic carbocycles. The Morgan fingerprint density at radius 3 is 3.05 bits per heavy atom. The minimum Gasteiger partial charge on any atom is -0.481 e. The standard InChI is InChI=1S/C12H15N3O3S2/c1-2-20(18)7-6-15-11-9(4-3-5-13-11)14-12(15)19-8-10(16)17/h3-5H,2,6-8H2,1H3,(H,16,17). The van der Waals surface area contributed by atoms with E-state index in [9.17, 15) is 9.00 Å². The lowest BCUT2D eigenvalue weighted by Crippen LogP contribution is -2.11. The van der Waals surface area contributed by atoms with Crippen LogP contribution in [0.2, 0.25) is 0 Å². The normalized spacial score (nSPS) is 12.7. The van der Waals surface area contributed by atoms with E-state index in [0.29, 0.717) is 28.9 Å². The summed E-state index contributed by atoms with van der Waals surface area (Å²) in [6, 6.07) is 3.62. The van der Waals surface area contributed by atoms with Crippen LogP contribution >= 0.6 is 11.8 Å². The fraction of sp³-hybridized carbons (Fsp3) is 0.417. The summed E-state index contributed by atoms with van der Waals surface area (Å²) < 4.78 is 13.4. The molecule has 0 saturated heterocycles. The summed E-state index contributed by atoms with van der Waals surface area (Å²) >= 11 is 1.15. The maximum atomic E-state index is 11.6. The van der Waals surface area contributed by atoms with Crippen LogP contribution in [0.3, 0.4) is 0 Å². The molecule has 0 aromatic carbocycles. The van der Waals surface area contributed by atoms with Crippen LogP contribution in [0.25, 0.3) is 11.2 Å². The third kappa shape index (κ3) is 3.57. The molecule has 0 aliphatic heterocycles. The zero-order valence-electron chi connectivity index (χ0n) is 11.0. The monoisotopic (exact) mass is 313 g/mol. The molecule has 0 saturated carbocycles. The van der Waals surface area contributed by atoms with Gasteiger partial charge in [-0.05, 0) is 12.1 Å². The average Bonchev–Trinajstić information content (AvgIpc) is 2.80. The molecule has 0 amide bonds. The molecule has 0 aliphatic rings. The summed E-state index contributed by atoms with van der Waals surface area (Å²) in [6.45, 7) is 2.40. The number of aryl methyl sites for hydroxylation is 1. The summed E-state index contributed by atoms with van der Waals surface area (Å²) in [7, 11) is -0.877. The van der Waals surface area contributed by atoms with Gasteiger partial charge in [0.2, 0.25) is 0 Å². The molecule has 20 heavy (non-hydrogen) atoms. The molecule has 108 valence electrons. The number of aromatic nitrogens is 3. The van der Waals surface area contributed by atoms with E-state index in [-0.39, 0.29) is 5.75 Å². The maximum absolute atomic E-state index is 11.6. The fourth-order valence-corrected chi connectivity index (χ4v) is 3.14. The van der Waals surface area contributed by atoms with Gasteiger partial charge < -0.3 is 9.67 Å². The number of thioether (sulfide) groups is 1. The quantitative estimate of drug-likeness (QED) is 0.777. The van der Waals surface area contributed by atoms with Crippen LogP contribution in [-0.2, 0) is 22.1 Å². The summed E-state index contributed by atoms with van der Waals surface area (Å²) in [4.78, 5) is 19.4. The smallest absolute Gasteiger partial charge is 0.313 e. The number of fused-ring (bicyclic) bond motifs is 1. The zero-order chi connectivity index (χ0) is 14.5. The third-order valence-electron chi connectivity index (χ3n) is 2.66. The van der Waals surface area contributed by atoms with Crippen LogP contribution < -0.4 is 0 Å². The van der Waals surface area contributed by atoms with Crippen LogP contribution in [0, 0.1) is 0 Å². The average molecular weight is 313 g/mol. The highest BCUT2D eigenvalue weighted by atomic mass is 32.2. The summed E-state index contributed by atoms with van der Waals surface area (Å²) in [5.74, 6) is 0.176. The van der Waals surface area contributed by atoms with Gasteiger partial charge in [0.15, 0.2) is 10.8 Å². The SMILES string of the molecule is CCS(=O)CCn1c(SCC(=O)O)nc2cccnc21. The number of pyridine rings is 1. The molecule has 2 aromatic rings. The van der Waals surface area contributed by atoms with Gasteiger partial charge in [0.25, 0.3) is 0 Å². The lowest BCUT2D eigenvalue weighted by atomic mass is 10.4. The highest BCUT2D eigenvalue weighted by Crippen LogP contribution is 2.22. The Kier molecular flexibility index (Phi) is 5.13. The van der Waals surface area contributed by atoms with Crippen molar-refractivity contribution < 1.29 is 14.1 Å². The first-order valence-electron chi connectivity index (χ1n) is 6.12. The number of nitrogens with zero attached hydrogens (tertiary/aromatic N) is 3. The van der Waals surface area contributed by atoms with Crippen molar-refractivity contribution in [3.63, 3.8) is 0 Å². The van der Waals surface area contributed by atoms with Crippen molar-refractivity contribution >= 4 is 39.7 Å². The second kappa shape index (κ2) is 6.85. The Morgan fingerprint density at radius 1 is 1.55 bits per heavy atom. The first kappa shape index (κ1) is 15.0. The number of carbonyl (C=O) groups is 1. The second-order valence-electron chi connectivity index (χ2n) is 4.01. The molecule has 0 spiro atoms. The Labute approximate surface area is 123 Å². The Bertz CT molecular complexity index is 642. The van der Waals surface area contributed by atoms with E-state index in [0.717, 1.165) is 17.3 Å². The van der Waals surface area contributed by atoms with E-state index in [1.54, 1.807) is 12.3 Å². The zero-order valence-corrected chi connectivity index (χ0v) is 12.6. The predicted octanol–water partition coefficient (Wildman–Crippen LogP) is 1.38. The highest BCUT2D eigenvalue weighted by molar-refractivity contribution is 7.99. The molecular formula is C12H15N3O3S2. The number of imidazole rings is 1. The lowest BCUT2D eigenvalue weighted by molar-refractivity contribution is -0.133. The van der Waals surface area contributed by atoms with Crippen molar-refractivity contribution in [1.82, 2.24) is 14.5 Å². The highest BCUT2D eigenvalue weighted by Gasteiger charge is 2.13. The van der Waals surface area contributed by atoms with E-state index >= 15 is 0 Å². The molecule has 1 unspecified atom stereocenters. The van der Waals surface area contributed by atoms with Gasteiger partial charge in [0.1, 0.15) is 5.52 Å². The van der Waals surface area contributed by atoms with Crippen molar-refractivity contribution in [2.24, 2.45) is 0 Å². The number of hydrogen-bond acceptors (Lipinski definition) is 5. The molecule has 8 heteroatoms. The van der Waals surface area contributed by atoms with Gasteiger partial charge in [-0.25, -0.2) is 9.97 Å². The van der Waals surface area contributed by atoms with Crippen molar-refractivity contribution in [1.29, 1.82) is 0 Å². The van der Waals surface area contributed by atoms with Gasteiger partial charge in [-0.3, -0.25) is 9.00 Å². The van der Waals surface area contributed by atoms with Crippen molar-refractivity contribution in [2.45, 2.75) is 18.6 Å². The van der Waals surface area contributed by atoms with Crippen molar-refractivity contribution in [3.05, 3.63) is 18.3 Å². The molecule has 2 heterocycles. The van der Waals surface area contributed by atoms with E-state index in [1.807, 2.05) is 17.6 Å². The molecule has 1 atom stereocenters. The van der Waals surface area contributed by atoms with Gasteiger partial charge in [0, 0.05) is 35.0 Å². The molecule has 0 radical (unpaired) electrons. The van der Waals surface area contributed by atoms with E-state index in [2.05, 4.69) is 9.97 Å². The van der Waals surface area contributed by atoms with E-state index in [4.69, 9.17) is 5.11 Å². The summed E-state index contributed by atoms with van der Waals surface area (Å²) in [5.41, 5.74) is 1.43. The molecule has 0 fully saturated rings. The van der Waals surface area contributed by atoms with Gasteiger partial charge in [-0.1, -0.05) is 18.7 Å². The maximum Gasteiger partial charge on any atom is 0.313 e. The predicted molar refractivity (Wildman–Crippen MR) is 79.4 cm³/mol. The minimum absolute atomic E-state index is 0.0554. The van der Waals surface area contributed by atoms with E-state index in [1.165, 1.54) is 0 Å². The van der Waals surface area contributed by atoms with Crippen LogP contribution in [0.4, 0.5) is 0 Å². The van der Waals surface area contributed by atoms with E-state index < -0.39 is 16.8 Å². The number of carboxylic acids is 1. The molecule has 1 N–H and O–H groups in total. The van der Waals surface area contributed by atoms with Crippen molar-refractivity contribution in [2.75, 3.05) is 17.3 Å². The topological polar surface area (TPSA) is 85.1 Å². The number of rotatable bonds is 7. The van der Waals surface area contributed by atoms with Crippen LogP contribution in [0.15, 0.2) is 23.5 Å². The Hall–Kier alpha value is -1.41. The number of aliphatic carboxylic acids is 1. The summed E-state index contributed by atoms with van der Waals surface area (Å²) in [6.07, 6.45) is 1.67. The first-order valence-corrected chi connectivity index (χ1v) is 8.60. The largest absolute Gasteiger partial charge is 0.481 e. The second-order valence-corrected chi connectivity index (χ2v) is 6.81. The third-order valence-corrected chi connectivity index (χ3v) is 4.90. The van der Waals surface area contributed by atoms with Crippen molar-refractivity contribution in [3.8, 4) is 0 Å². The summed E-state index contributed by atoms with van der Waals surface area (Å²) in [5, 5.41) is 9.38. The Balaban J connectivity index is 2.29. The molecule has 2 rings (SSSR count). The van der Waals surface area contributed by atoms with Gasteiger partial charge >= 0.3 is 5.97 Å². The Morgan fingerprint density at radius 2 is 2.35 bits per heavy atom. The minimum atomic E-state index is -0.890. The number of carboxylic acid groups (broad SMARTS) is 1. The van der Waals surface area contributed by atoms with Gasteiger partial charge in [0.05, 0.1) is 5.75 Å². The molecule has 6 nitrogen and oxygen atoms in total. The van der Waals surface area contributed by atoms with Gasteiger partial charge in [-0.2, -0.15) is 0 Å². The van der Waals surface area contributed by atoms with Crippen LogP contribution in [0.5, 0.6) is 0 Å².